The first kappa shape index (κ1) is 12.9. The van der Waals surface area contributed by atoms with Crippen molar-refractivity contribution in [1.29, 1.82) is 0 Å². The minimum absolute atomic E-state index is 0.140. The van der Waals surface area contributed by atoms with E-state index in [-0.39, 0.29) is 6.04 Å². The molecule has 94 valence electrons. The van der Waals surface area contributed by atoms with Gasteiger partial charge in [-0.2, -0.15) is 0 Å². The van der Waals surface area contributed by atoms with Crippen LogP contribution < -0.4 is 5.73 Å². The van der Waals surface area contributed by atoms with Gasteiger partial charge >= 0.3 is 0 Å². The van der Waals surface area contributed by atoms with Gasteiger partial charge in [0.15, 0.2) is 0 Å². The van der Waals surface area contributed by atoms with Gasteiger partial charge in [-0.25, -0.2) is 0 Å². The Bertz CT molecular complexity index is 361. The quantitative estimate of drug-likeness (QED) is 0.896. The predicted molar refractivity (Wildman–Crippen MR) is 73.2 cm³/mol. The van der Waals surface area contributed by atoms with Gasteiger partial charge < -0.3 is 5.73 Å². The molecule has 0 bridgehead atoms. The Kier molecular flexibility index (Phi) is 4.08. The SMILES string of the molecule is CC1CCN(C(c2ccc(Cl)cc2)C(C)N)C1. The molecule has 1 saturated heterocycles. The Morgan fingerprint density at radius 2 is 2.00 bits per heavy atom. The number of hydrogen-bond acceptors (Lipinski definition) is 2. The van der Waals surface area contributed by atoms with Crippen LogP contribution in [0.15, 0.2) is 24.3 Å². The predicted octanol–water partition coefficient (Wildman–Crippen LogP) is 3.07. The number of halogens is 1. The summed E-state index contributed by atoms with van der Waals surface area (Å²) in [6, 6.07) is 8.55. The van der Waals surface area contributed by atoms with Gasteiger partial charge in [-0.05, 0) is 43.5 Å². The van der Waals surface area contributed by atoms with Crippen molar-refractivity contribution in [3.63, 3.8) is 0 Å². The molecule has 1 aliphatic heterocycles. The fraction of sp³-hybridized carbons (Fsp3) is 0.571. The average Bonchev–Trinajstić information content (AvgIpc) is 2.68. The molecule has 0 amide bonds. The maximum atomic E-state index is 6.16. The molecule has 0 radical (unpaired) electrons. The summed E-state index contributed by atoms with van der Waals surface area (Å²) in [5.74, 6) is 0.781. The maximum Gasteiger partial charge on any atom is 0.0496 e. The third-order valence-electron chi connectivity index (χ3n) is 3.56. The lowest BCUT2D eigenvalue weighted by Crippen LogP contribution is -2.38. The zero-order valence-electron chi connectivity index (χ0n) is 10.6. The van der Waals surface area contributed by atoms with Crippen LogP contribution in [-0.4, -0.2) is 24.0 Å². The van der Waals surface area contributed by atoms with Crippen LogP contribution in [0.5, 0.6) is 0 Å². The molecule has 1 aromatic carbocycles. The van der Waals surface area contributed by atoms with Crippen LogP contribution in [0.25, 0.3) is 0 Å². The number of nitrogens with zero attached hydrogens (tertiary/aromatic N) is 1. The van der Waals surface area contributed by atoms with Crippen LogP contribution in [0.2, 0.25) is 5.02 Å². The molecule has 17 heavy (non-hydrogen) atoms. The summed E-state index contributed by atoms with van der Waals surface area (Å²) < 4.78 is 0. The molecule has 0 spiro atoms. The molecule has 3 unspecified atom stereocenters. The summed E-state index contributed by atoms with van der Waals surface area (Å²) in [6.07, 6.45) is 1.27. The van der Waals surface area contributed by atoms with Gasteiger partial charge in [0.2, 0.25) is 0 Å². The second-order valence-electron chi connectivity index (χ2n) is 5.24. The van der Waals surface area contributed by atoms with Gasteiger partial charge in [0.1, 0.15) is 0 Å². The van der Waals surface area contributed by atoms with E-state index in [0.29, 0.717) is 6.04 Å². The van der Waals surface area contributed by atoms with Crippen molar-refractivity contribution in [3.05, 3.63) is 34.9 Å². The molecule has 1 fully saturated rings. The largest absolute Gasteiger partial charge is 0.326 e. The number of nitrogens with two attached hydrogens (primary N) is 1. The smallest absolute Gasteiger partial charge is 0.0496 e. The summed E-state index contributed by atoms with van der Waals surface area (Å²) in [5.41, 5.74) is 7.43. The van der Waals surface area contributed by atoms with Crippen molar-refractivity contribution >= 4 is 11.6 Å². The first-order valence-electron chi connectivity index (χ1n) is 6.33. The van der Waals surface area contributed by atoms with Crippen molar-refractivity contribution in [2.24, 2.45) is 11.7 Å². The molecule has 2 nitrogen and oxygen atoms in total. The molecular weight excluding hydrogens is 232 g/mol. The highest BCUT2D eigenvalue weighted by molar-refractivity contribution is 6.30. The molecule has 1 heterocycles. The first-order valence-corrected chi connectivity index (χ1v) is 6.71. The Hall–Kier alpha value is -0.570. The molecule has 1 aromatic rings. The van der Waals surface area contributed by atoms with Crippen molar-refractivity contribution < 1.29 is 0 Å². The monoisotopic (exact) mass is 252 g/mol. The summed E-state index contributed by atoms with van der Waals surface area (Å²) in [5, 5.41) is 0.784. The highest BCUT2D eigenvalue weighted by Crippen LogP contribution is 2.30. The normalized spacial score (nSPS) is 24.8. The third kappa shape index (κ3) is 3.01. The number of benzene rings is 1. The standard InChI is InChI=1S/C14H21ClN2/c1-10-7-8-17(9-10)14(11(2)16)12-3-5-13(15)6-4-12/h3-6,10-11,14H,7-9,16H2,1-2H3. The van der Waals surface area contributed by atoms with E-state index in [0.717, 1.165) is 24.0 Å². The molecule has 2 N–H and O–H groups in total. The topological polar surface area (TPSA) is 29.3 Å². The summed E-state index contributed by atoms with van der Waals surface area (Å²) >= 11 is 5.93. The van der Waals surface area contributed by atoms with Crippen LogP contribution >= 0.6 is 11.6 Å². The van der Waals surface area contributed by atoms with E-state index < -0.39 is 0 Å². The zero-order chi connectivity index (χ0) is 12.4. The Balaban J connectivity index is 2.20. The molecule has 3 heteroatoms. The van der Waals surface area contributed by atoms with Gasteiger partial charge in [-0.15, -0.1) is 0 Å². The van der Waals surface area contributed by atoms with Crippen LogP contribution in [-0.2, 0) is 0 Å². The van der Waals surface area contributed by atoms with E-state index in [2.05, 4.69) is 30.9 Å². The van der Waals surface area contributed by atoms with E-state index in [1.807, 2.05) is 12.1 Å². The molecular formula is C14H21ClN2. The van der Waals surface area contributed by atoms with E-state index in [9.17, 15) is 0 Å². The van der Waals surface area contributed by atoms with Gasteiger partial charge in [0, 0.05) is 23.7 Å². The van der Waals surface area contributed by atoms with E-state index >= 15 is 0 Å². The third-order valence-corrected chi connectivity index (χ3v) is 3.81. The highest BCUT2D eigenvalue weighted by atomic mass is 35.5. The maximum absolute atomic E-state index is 6.16. The van der Waals surface area contributed by atoms with Gasteiger partial charge in [-0.1, -0.05) is 30.7 Å². The lowest BCUT2D eigenvalue weighted by atomic mass is 9.99. The van der Waals surface area contributed by atoms with Crippen LogP contribution in [0, 0.1) is 5.92 Å². The summed E-state index contributed by atoms with van der Waals surface area (Å²) in [7, 11) is 0. The van der Waals surface area contributed by atoms with E-state index in [4.69, 9.17) is 17.3 Å². The summed E-state index contributed by atoms with van der Waals surface area (Å²) in [4.78, 5) is 2.50. The fourth-order valence-corrected chi connectivity index (χ4v) is 2.85. The average molecular weight is 253 g/mol. The number of hydrogen-bond donors (Lipinski definition) is 1. The van der Waals surface area contributed by atoms with Gasteiger partial charge in [-0.3, -0.25) is 4.90 Å². The Morgan fingerprint density at radius 3 is 2.47 bits per heavy atom. The minimum atomic E-state index is 0.140. The van der Waals surface area contributed by atoms with E-state index in [1.54, 1.807) is 0 Å². The summed E-state index contributed by atoms with van der Waals surface area (Å²) in [6.45, 7) is 6.69. The molecule has 3 atom stereocenters. The lowest BCUT2D eigenvalue weighted by Gasteiger charge is -2.31. The second kappa shape index (κ2) is 5.38. The number of rotatable bonds is 3. The van der Waals surface area contributed by atoms with Crippen LogP contribution in [0.1, 0.15) is 31.9 Å². The van der Waals surface area contributed by atoms with Crippen LogP contribution in [0.4, 0.5) is 0 Å². The van der Waals surface area contributed by atoms with Gasteiger partial charge in [0.25, 0.3) is 0 Å². The Labute approximate surface area is 109 Å². The first-order chi connectivity index (χ1) is 8.08. The Morgan fingerprint density at radius 1 is 1.35 bits per heavy atom. The van der Waals surface area contributed by atoms with Crippen molar-refractivity contribution in [1.82, 2.24) is 4.90 Å². The highest BCUT2D eigenvalue weighted by Gasteiger charge is 2.29. The van der Waals surface area contributed by atoms with Gasteiger partial charge in [0.05, 0.1) is 0 Å². The number of likely N-dealkylation sites (tertiary alicyclic amines) is 1. The van der Waals surface area contributed by atoms with Crippen LogP contribution in [0.3, 0.4) is 0 Å². The molecule has 2 rings (SSSR count). The second-order valence-corrected chi connectivity index (χ2v) is 5.68. The molecule has 0 aromatic heterocycles. The van der Waals surface area contributed by atoms with Crippen molar-refractivity contribution in [2.75, 3.05) is 13.1 Å². The van der Waals surface area contributed by atoms with Crippen molar-refractivity contribution in [2.45, 2.75) is 32.4 Å². The minimum Gasteiger partial charge on any atom is -0.326 e. The van der Waals surface area contributed by atoms with E-state index in [1.165, 1.54) is 12.0 Å². The molecule has 1 aliphatic rings. The molecule has 0 aliphatic carbocycles. The van der Waals surface area contributed by atoms with Crippen molar-refractivity contribution in [3.8, 4) is 0 Å². The molecule has 0 saturated carbocycles. The fourth-order valence-electron chi connectivity index (χ4n) is 2.73. The zero-order valence-corrected chi connectivity index (χ0v) is 11.3. The lowest BCUT2D eigenvalue weighted by molar-refractivity contribution is 0.213.